The fourth-order valence-electron chi connectivity index (χ4n) is 1.48. The number of ether oxygens (including phenoxy) is 1. The van der Waals surface area contributed by atoms with Gasteiger partial charge in [0.05, 0.1) is 6.61 Å². The van der Waals surface area contributed by atoms with Crippen molar-refractivity contribution >= 4 is 5.97 Å². The molecule has 0 aromatic carbocycles. The predicted octanol–water partition coefficient (Wildman–Crippen LogP) is -0.585. The summed E-state index contributed by atoms with van der Waals surface area (Å²) in [6.45, 7) is 2.79. The first-order valence-electron chi connectivity index (χ1n) is 4.97. The fraction of sp³-hybridized carbons (Fsp3) is 0.889. The van der Waals surface area contributed by atoms with Crippen LogP contribution in [-0.2, 0) is 9.53 Å². The van der Waals surface area contributed by atoms with E-state index in [-0.39, 0.29) is 6.61 Å². The molecule has 1 aliphatic heterocycles. The lowest BCUT2D eigenvalue weighted by molar-refractivity contribution is -0.140. The number of hydrogen-bond donors (Lipinski definition) is 3. The van der Waals surface area contributed by atoms with Crippen molar-refractivity contribution < 1.29 is 14.6 Å². The van der Waals surface area contributed by atoms with Gasteiger partial charge in [-0.15, -0.1) is 0 Å². The maximum atomic E-state index is 10.4. The second-order valence-corrected chi connectivity index (χ2v) is 3.68. The Kier molecular flexibility index (Phi) is 4.86. The molecule has 0 bridgehead atoms. The van der Waals surface area contributed by atoms with Crippen LogP contribution in [0.15, 0.2) is 0 Å². The number of carboxylic acid groups (broad SMARTS) is 1. The van der Waals surface area contributed by atoms with E-state index in [1.54, 1.807) is 0 Å². The van der Waals surface area contributed by atoms with Crippen molar-refractivity contribution in [3.8, 4) is 0 Å². The average Bonchev–Trinajstić information content (AvgIpc) is 2.19. The Morgan fingerprint density at radius 2 is 2.21 bits per heavy atom. The number of nitrogens with two attached hydrogens (primary N) is 1. The lowest BCUT2D eigenvalue weighted by Gasteiger charge is -2.22. The first-order valence-corrected chi connectivity index (χ1v) is 4.97. The predicted molar refractivity (Wildman–Crippen MR) is 52.0 cm³/mol. The molecule has 4 N–H and O–H groups in total. The van der Waals surface area contributed by atoms with Gasteiger partial charge in [0.25, 0.3) is 0 Å². The first kappa shape index (κ1) is 11.4. The molecule has 0 aromatic rings. The Labute approximate surface area is 83.6 Å². The van der Waals surface area contributed by atoms with Crippen molar-refractivity contribution in [3.05, 3.63) is 0 Å². The quantitative estimate of drug-likeness (QED) is 0.555. The van der Waals surface area contributed by atoms with Crippen LogP contribution in [0.25, 0.3) is 0 Å². The maximum Gasteiger partial charge on any atom is 0.322 e. The van der Waals surface area contributed by atoms with Crippen LogP contribution >= 0.6 is 0 Å². The summed E-state index contributed by atoms with van der Waals surface area (Å²) < 4.78 is 5.26. The van der Waals surface area contributed by atoms with Gasteiger partial charge in [-0.3, -0.25) is 4.79 Å². The fourth-order valence-corrected chi connectivity index (χ4v) is 1.48. The lowest BCUT2D eigenvalue weighted by atomic mass is 9.99. The highest BCUT2D eigenvalue weighted by Gasteiger charge is 2.15. The summed E-state index contributed by atoms with van der Waals surface area (Å²) in [5, 5.41) is 11.8. The third-order valence-corrected chi connectivity index (χ3v) is 2.43. The molecule has 0 amide bonds. The molecular formula is C9H18N2O3. The third kappa shape index (κ3) is 4.04. The molecule has 5 nitrogen and oxygen atoms in total. The molecule has 1 unspecified atom stereocenters. The summed E-state index contributed by atoms with van der Waals surface area (Å²) in [7, 11) is 0. The van der Waals surface area contributed by atoms with Crippen LogP contribution in [0, 0.1) is 5.92 Å². The van der Waals surface area contributed by atoms with Crippen molar-refractivity contribution in [2.24, 2.45) is 11.7 Å². The van der Waals surface area contributed by atoms with Gasteiger partial charge in [0.15, 0.2) is 0 Å². The van der Waals surface area contributed by atoms with Crippen LogP contribution < -0.4 is 11.1 Å². The number of rotatable bonds is 5. The Balaban J connectivity index is 2.05. The normalized spacial score (nSPS) is 20.6. The van der Waals surface area contributed by atoms with Crippen LogP contribution in [0.1, 0.15) is 12.8 Å². The van der Waals surface area contributed by atoms with Gasteiger partial charge in [-0.25, -0.2) is 0 Å². The molecule has 0 aromatic heterocycles. The second kappa shape index (κ2) is 5.95. The molecule has 1 aliphatic rings. The van der Waals surface area contributed by atoms with Gasteiger partial charge in [0.2, 0.25) is 0 Å². The molecule has 0 saturated carbocycles. The molecule has 1 saturated heterocycles. The average molecular weight is 202 g/mol. The molecule has 82 valence electrons. The molecule has 0 aliphatic carbocycles. The highest BCUT2D eigenvalue weighted by atomic mass is 16.5. The van der Waals surface area contributed by atoms with Gasteiger partial charge in [-0.1, -0.05) is 0 Å². The summed E-state index contributed by atoms with van der Waals surface area (Å²) in [4.78, 5) is 10.4. The van der Waals surface area contributed by atoms with E-state index in [4.69, 9.17) is 15.6 Å². The zero-order valence-electron chi connectivity index (χ0n) is 8.24. The molecular weight excluding hydrogens is 184 g/mol. The number of hydrogen-bond acceptors (Lipinski definition) is 4. The largest absolute Gasteiger partial charge is 0.480 e. The third-order valence-electron chi connectivity index (χ3n) is 2.43. The molecule has 1 heterocycles. The number of carbonyl (C=O) groups is 1. The lowest BCUT2D eigenvalue weighted by Crippen LogP contribution is -2.36. The Bertz CT molecular complexity index is 181. The monoisotopic (exact) mass is 202 g/mol. The van der Waals surface area contributed by atoms with E-state index in [0.29, 0.717) is 12.5 Å². The summed E-state index contributed by atoms with van der Waals surface area (Å²) in [6.07, 6.45) is 2.20. The minimum atomic E-state index is -1.00. The Morgan fingerprint density at radius 1 is 1.57 bits per heavy atom. The Morgan fingerprint density at radius 3 is 2.79 bits per heavy atom. The summed E-state index contributed by atoms with van der Waals surface area (Å²) >= 11 is 0. The summed E-state index contributed by atoms with van der Waals surface area (Å²) in [5.41, 5.74) is 5.30. The van der Waals surface area contributed by atoms with Gasteiger partial charge >= 0.3 is 5.97 Å². The van der Waals surface area contributed by atoms with Crippen molar-refractivity contribution in [3.63, 3.8) is 0 Å². The van der Waals surface area contributed by atoms with Gasteiger partial charge in [0, 0.05) is 6.61 Å². The van der Waals surface area contributed by atoms with Gasteiger partial charge < -0.3 is 20.9 Å². The summed E-state index contributed by atoms with van der Waals surface area (Å²) in [6, 6.07) is -0.892. The van der Waals surface area contributed by atoms with E-state index in [9.17, 15) is 4.79 Å². The van der Waals surface area contributed by atoms with Crippen LogP contribution in [-0.4, -0.2) is 43.4 Å². The smallest absolute Gasteiger partial charge is 0.322 e. The van der Waals surface area contributed by atoms with Gasteiger partial charge in [0.1, 0.15) is 6.04 Å². The molecule has 1 fully saturated rings. The van der Waals surface area contributed by atoms with Crippen LogP contribution in [0.4, 0.5) is 0 Å². The minimum absolute atomic E-state index is 0.110. The Hall–Kier alpha value is -0.650. The standard InChI is InChI=1S/C9H18N2O3/c10-8(9(12)13)6-14-5-7-1-3-11-4-2-7/h7-8,11H,1-6,10H2,(H,12,13). The van der Waals surface area contributed by atoms with E-state index in [1.807, 2.05) is 0 Å². The van der Waals surface area contributed by atoms with E-state index in [1.165, 1.54) is 0 Å². The van der Waals surface area contributed by atoms with Crippen molar-refractivity contribution in [2.75, 3.05) is 26.3 Å². The van der Waals surface area contributed by atoms with Crippen LogP contribution in [0.5, 0.6) is 0 Å². The van der Waals surface area contributed by atoms with E-state index >= 15 is 0 Å². The summed E-state index contributed by atoms with van der Waals surface area (Å²) in [5.74, 6) is -0.451. The SMILES string of the molecule is NC(COCC1CCNCC1)C(=O)O. The molecule has 1 atom stereocenters. The van der Waals surface area contributed by atoms with E-state index < -0.39 is 12.0 Å². The minimum Gasteiger partial charge on any atom is -0.480 e. The topological polar surface area (TPSA) is 84.6 Å². The maximum absolute atomic E-state index is 10.4. The van der Waals surface area contributed by atoms with Crippen molar-refractivity contribution in [2.45, 2.75) is 18.9 Å². The molecule has 0 radical (unpaired) electrons. The number of aliphatic carboxylic acids is 1. The zero-order chi connectivity index (χ0) is 10.4. The highest BCUT2D eigenvalue weighted by Crippen LogP contribution is 2.11. The van der Waals surface area contributed by atoms with Crippen molar-refractivity contribution in [1.29, 1.82) is 0 Å². The second-order valence-electron chi connectivity index (χ2n) is 3.68. The highest BCUT2D eigenvalue weighted by molar-refractivity contribution is 5.73. The van der Waals surface area contributed by atoms with Gasteiger partial charge in [-0.05, 0) is 31.8 Å². The van der Waals surface area contributed by atoms with Crippen LogP contribution in [0.2, 0.25) is 0 Å². The number of nitrogens with one attached hydrogen (secondary N) is 1. The van der Waals surface area contributed by atoms with Crippen LogP contribution in [0.3, 0.4) is 0 Å². The van der Waals surface area contributed by atoms with Crippen molar-refractivity contribution in [1.82, 2.24) is 5.32 Å². The molecule has 1 rings (SSSR count). The molecule has 14 heavy (non-hydrogen) atoms. The van der Waals surface area contributed by atoms with Gasteiger partial charge in [-0.2, -0.15) is 0 Å². The number of carboxylic acids is 1. The van der Waals surface area contributed by atoms with E-state index in [0.717, 1.165) is 25.9 Å². The molecule has 0 spiro atoms. The number of piperidine rings is 1. The van der Waals surface area contributed by atoms with E-state index in [2.05, 4.69) is 5.32 Å². The molecule has 5 heteroatoms. The first-order chi connectivity index (χ1) is 6.70. The zero-order valence-corrected chi connectivity index (χ0v) is 8.24.